The maximum atomic E-state index is 12.0. The van der Waals surface area contributed by atoms with E-state index in [0.717, 1.165) is 12.8 Å². The van der Waals surface area contributed by atoms with Gasteiger partial charge in [-0.3, -0.25) is 4.79 Å². The van der Waals surface area contributed by atoms with E-state index in [1.54, 1.807) is 0 Å². The Labute approximate surface area is 143 Å². The van der Waals surface area contributed by atoms with Crippen molar-refractivity contribution >= 4 is 39.9 Å². The predicted molar refractivity (Wildman–Crippen MR) is 94.3 cm³/mol. The van der Waals surface area contributed by atoms with E-state index >= 15 is 0 Å². The molecule has 3 N–H and O–H groups in total. The van der Waals surface area contributed by atoms with Crippen LogP contribution in [0.25, 0.3) is 0 Å². The zero-order valence-corrected chi connectivity index (χ0v) is 15.3. The van der Waals surface area contributed by atoms with Gasteiger partial charge in [0.2, 0.25) is 5.91 Å². The number of amides is 1. The Morgan fingerprint density at radius 1 is 1.23 bits per heavy atom. The van der Waals surface area contributed by atoms with Gasteiger partial charge in [0.05, 0.1) is 17.3 Å². The molecule has 2 atom stereocenters. The minimum absolute atomic E-state index is 0. The van der Waals surface area contributed by atoms with E-state index in [9.17, 15) is 13.2 Å². The standard InChI is InChI=1S/C14H26N2O3S2.ClH/c15-8-13(11-4-2-1-3-5-11)16-14(17)9-20-12-6-7-21(18,19)10-12;/h11-13H,1-10,15H2,(H,16,17);1H. The molecule has 1 saturated heterocycles. The summed E-state index contributed by atoms with van der Waals surface area (Å²) in [5.41, 5.74) is 5.80. The summed E-state index contributed by atoms with van der Waals surface area (Å²) in [7, 11) is -2.86. The van der Waals surface area contributed by atoms with Crippen LogP contribution >= 0.6 is 24.2 Å². The second kappa shape index (κ2) is 9.35. The smallest absolute Gasteiger partial charge is 0.230 e. The third-order valence-corrected chi connectivity index (χ3v) is 7.74. The number of rotatable bonds is 6. The molecule has 1 aliphatic heterocycles. The highest BCUT2D eigenvalue weighted by atomic mass is 35.5. The van der Waals surface area contributed by atoms with E-state index in [1.165, 1.54) is 31.0 Å². The number of nitrogens with one attached hydrogen (secondary N) is 1. The minimum Gasteiger partial charge on any atom is -0.351 e. The summed E-state index contributed by atoms with van der Waals surface area (Å²) in [6.45, 7) is 0.485. The van der Waals surface area contributed by atoms with Crippen LogP contribution in [0.15, 0.2) is 0 Å². The Balaban J connectivity index is 0.00000242. The third-order valence-electron chi connectivity index (χ3n) is 4.46. The SMILES string of the molecule is Cl.NCC(NC(=O)CSC1CCS(=O)(=O)C1)C1CCCCC1. The van der Waals surface area contributed by atoms with Gasteiger partial charge in [0.1, 0.15) is 0 Å². The van der Waals surface area contributed by atoms with Crippen LogP contribution in [0.1, 0.15) is 38.5 Å². The van der Waals surface area contributed by atoms with Gasteiger partial charge in [-0.2, -0.15) is 0 Å². The van der Waals surface area contributed by atoms with E-state index in [2.05, 4.69) is 5.32 Å². The van der Waals surface area contributed by atoms with Crippen molar-refractivity contribution in [2.75, 3.05) is 23.8 Å². The number of carbonyl (C=O) groups is 1. The molecular weight excluding hydrogens is 344 g/mol. The molecule has 8 heteroatoms. The van der Waals surface area contributed by atoms with Crippen LogP contribution in [0.2, 0.25) is 0 Å². The van der Waals surface area contributed by atoms with Crippen LogP contribution in [-0.4, -0.2) is 49.4 Å². The maximum Gasteiger partial charge on any atom is 0.230 e. The molecule has 1 saturated carbocycles. The van der Waals surface area contributed by atoms with Crippen molar-refractivity contribution in [2.45, 2.75) is 49.8 Å². The molecular formula is C14H27ClN2O3S2. The van der Waals surface area contributed by atoms with Crippen molar-refractivity contribution in [2.24, 2.45) is 11.7 Å². The van der Waals surface area contributed by atoms with E-state index in [-0.39, 0.29) is 41.1 Å². The lowest BCUT2D eigenvalue weighted by Gasteiger charge is -2.30. The summed E-state index contributed by atoms with van der Waals surface area (Å²) in [6.07, 6.45) is 6.71. The van der Waals surface area contributed by atoms with Gasteiger partial charge in [-0.1, -0.05) is 19.3 Å². The third kappa shape index (κ3) is 6.26. The molecule has 0 spiro atoms. The van der Waals surface area contributed by atoms with E-state index < -0.39 is 9.84 Å². The largest absolute Gasteiger partial charge is 0.351 e. The molecule has 2 rings (SSSR count). The van der Waals surface area contributed by atoms with Gasteiger partial charge >= 0.3 is 0 Å². The molecule has 0 aromatic rings. The monoisotopic (exact) mass is 370 g/mol. The van der Waals surface area contributed by atoms with Crippen LogP contribution < -0.4 is 11.1 Å². The van der Waals surface area contributed by atoms with Crippen LogP contribution in [-0.2, 0) is 14.6 Å². The first-order valence-corrected chi connectivity index (χ1v) is 10.7. The Kier molecular flexibility index (Phi) is 8.53. The lowest BCUT2D eigenvalue weighted by molar-refractivity contribution is -0.119. The summed E-state index contributed by atoms with van der Waals surface area (Å²) in [5.74, 6) is 1.31. The number of thioether (sulfide) groups is 1. The van der Waals surface area contributed by atoms with Gasteiger partial charge in [-0.05, 0) is 25.2 Å². The Morgan fingerprint density at radius 3 is 2.45 bits per heavy atom. The zero-order valence-electron chi connectivity index (χ0n) is 12.8. The van der Waals surface area contributed by atoms with Crippen molar-refractivity contribution in [1.29, 1.82) is 0 Å². The average molecular weight is 371 g/mol. The molecule has 2 aliphatic rings. The molecule has 0 aromatic carbocycles. The fourth-order valence-electron chi connectivity index (χ4n) is 3.24. The van der Waals surface area contributed by atoms with Gasteiger partial charge in [-0.15, -0.1) is 24.2 Å². The molecule has 1 aliphatic carbocycles. The number of carbonyl (C=O) groups excluding carboxylic acids is 1. The summed E-state index contributed by atoms with van der Waals surface area (Å²) >= 11 is 1.46. The summed E-state index contributed by atoms with van der Waals surface area (Å²) in [5, 5.41) is 3.12. The molecule has 5 nitrogen and oxygen atoms in total. The lowest BCUT2D eigenvalue weighted by Crippen LogP contribution is -2.46. The molecule has 0 radical (unpaired) electrons. The van der Waals surface area contributed by atoms with E-state index in [0.29, 0.717) is 24.6 Å². The predicted octanol–water partition coefficient (Wildman–Crippen LogP) is 1.35. The van der Waals surface area contributed by atoms with Gasteiger partial charge in [0.15, 0.2) is 9.84 Å². The fourth-order valence-corrected chi connectivity index (χ4v) is 6.69. The Hall–Kier alpha value is 0.0200. The first-order chi connectivity index (χ1) is 10.00. The highest BCUT2D eigenvalue weighted by Gasteiger charge is 2.29. The molecule has 1 amide bonds. The molecule has 130 valence electrons. The van der Waals surface area contributed by atoms with Gasteiger partial charge < -0.3 is 11.1 Å². The first-order valence-electron chi connectivity index (χ1n) is 7.81. The average Bonchev–Trinajstić information content (AvgIpc) is 2.83. The molecule has 0 aromatic heterocycles. The lowest BCUT2D eigenvalue weighted by atomic mass is 9.84. The molecule has 0 bridgehead atoms. The van der Waals surface area contributed by atoms with Crippen LogP contribution in [0, 0.1) is 5.92 Å². The second-order valence-corrected chi connectivity index (χ2v) is 9.66. The molecule has 1 heterocycles. The fraction of sp³-hybridized carbons (Fsp3) is 0.929. The van der Waals surface area contributed by atoms with Crippen molar-refractivity contribution < 1.29 is 13.2 Å². The maximum absolute atomic E-state index is 12.0. The van der Waals surface area contributed by atoms with Crippen LogP contribution in [0.5, 0.6) is 0 Å². The first kappa shape index (κ1) is 20.1. The van der Waals surface area contributed by atoms with Crippen molar-refractivity contribution in [3.05, 3.63) is 0 Å². The molecule has 2 unspecified atom stereocenters. The number of hydrogen-bond acceptors (Lipinski definition) is 5. The summed E-state index contributed by atoms with van der Waals surface area (Å²) < 4.78 is 22.8. The van der Waals surface area contributed by atoms with Crippen LogP contribution in [0.4, 0.5) is 0 Å². The minimum atomic E-state index is -2.86. The summed E-state index contributed by atoms with van der Waals surface area (Å²) in [6, 6.07) is 0.0747. The van der Waals surface area contributed by atoms with E-state index in [1.807, 2.05) is 0 Å². The Morgan fingerprint density at radius 2 is 1.91 bits per heavy atom. The molecule has 22 heavy (non-hydrogen) atoms. The Bertz CT molecular complexity index is 453. The number of halogens is 1. The van der Waals surface area contributed by atoms with Crippen LogP contribution in [0.3, 0.4) is 0 Å². The second-order valence-electron chi connectivity index (χ2n) is 6.14. The number of sulfone groups is 1. The highest BCUT2D eigenvalue weighted by molar-refractivity contribution is 8.02. The van der Waals surface area contributed by atoms with Crippen molar-refractivity contribution in [3.8, 4) is 0 Å². The van der Waals surface area contributed by atoms with Gasteiger partial charge in [-0.25, -0.2) is 8.42 Å². The number of hydrogen-bond donors (Lipinski definition) is 2. The van der Waals surface area contributed by atoms with Crippen molar-refractivity contribution in [3.63, 3.8) is 0 Å². The normalized spacial score (nSPS) is 26.1. The quantitative estimate of drug-likeness (QED) is 0.736. The highest BCUT2D eigenvalue weighted by Crippen LogP contribution is 2.27. The zero-order chi connectivity index (χ0) is 15.3. The van der Waals surface area contributed by atoms with Crippen molar-refractivity contribution in [1.82, 2.24) is 5.32 Å². The van der Waals surface area contributed by atoms with E-state index in [4.69, 9.17) is 5.73 Å². The summed E-state index contributed by atoms with van der Waals surface area (Å²) in [4.78, 5) is 12.0. The topological polar surface area (TPSA) is 89.3 Å². The molecule has 2 fully saturated rings. The van der Waals surface area contributed by atoms with Gasteiger partial charge in [0, 0.05) is 17.8 Å². The van der Waals surface area contributed by atoms with Gasteiger partial charge in [0.25, 0.3) is 0 Å². The number of nitrogens with two attached hydrogens (primary N) is 1.